The standard InChI is InChI=1S/C13H13N3O2S/c1-8-6-7-19-11(8)13(17)15-10-4-2-9(3-5-10)12(14)16-18/h2-7,18H,1H3,(H2,14,16)(H,15,17). The first-order valence-corrected chi connectivity index (χ1v) is 6.43. The molecule has 19 heavy (non-hydrogen) atoms. The van der Waals surface area contributed by atoms with Crippen molar-refractivity contribution in [2.45, 2.75) is 6.92 Å². The van der Waals surface area contributed by atoms with Gasteiger partial charge in [0, 0.05) is 11.3 Å². The Morgan fingerprint density at radius 3 is 2.53 bits per heavy atom. The SMILES string of the molecule is Cc1ccsc1C(=O)Nc1ccc(/C(N)=N/O)cc1. The predicted octanol–water partition coefficient (Wildman–Crippen LogP) is 2.40. The summed E-state index contributed by atoms with van der Waals surface area (Å²) in [5.41, 5.74) is 7.66. The summed E-state index contributed by atoms with van der Waals surface area (Å²) >= 11 is 1.40. The molecule has 0 aliphatic heterocycles. The predicted molar refractivity (Wildman–Crippen MR) is 76.0 cm³/mol. The van der Waals surface area contributed by atoms with Crippen molar-refractivity contribution in [3.63, 3.8) is 0 Å². The van der Waals surface area contributed by atoms with Crippen LogP contribution in [0.5, 0.6) is 0 Å². The topological polar surface area (TPSA) is 87.7 Å². The second-order valence-corrected chi connectivity index (χ2v) is 4.87. The summed E-state index contributed by atoms with van der Waals surface area (Å²) in [5, 5.41) is 16.1. The molecule has 0 unspecified atom stereocenters. The fourth-order valence-corrected chi connectivity index (χ4v) is 2.40. The molecule has 0 fully saturated rings. The molecule has 2 rings (SSSR count). The zero-order valence-corrected chi connectivity index (χ0v) is 11.1. The minimum atomic E-state index is -0.135. The van der Waals surface area contributed by atoms with Gasteiger partial charge in [-0.2, -0.15) is 0 Å². The molecular formula is C13H13N3O2S. The van der Waals surface area contributed by atoms with Gasteiger partial charge in [-0.1, -0.05) is 5.16 Å². The van der Waals surface area contributed by atoms with Crippen LogP contribution in [-0.4, -0.2) is 17.0 Å². The maximum Gasteiger partial charge on any atom is 0.265 e. The highest BCUT2D eigenvalue weighted by Gasteiger charge is 2.10. The van der Waals surface area contributed by atoms with Crippen LogP contribution in [0.3, 0.4) is 0 Å². The van der Waals surface area contributed by atoms with Crippen LogP contribution >= 0.6 is 11.3 Å². The summed E-state index contributed by atoms with van der Waals surface area (Å²) < 4.78 is 0. The van der Waals surface area contributed by atoms with Crippen molar-refractivity contribution in [3.8, 4) is 0 Å². The lowest BCUT2D eigenvalue weighted by molar-refractivity contribution is 0.103. The van der Waals surface area contributed by atoms with Crippen LogP contribution in [0.15, 0.2) is 40.9 Å². The van der Waals surface area contributed by atoms with Crippen molar-refractivity contribution < 1.29 is 10.0 Å². The zero-order chi connectivity index (χ0) is 13.8. The third kappa shape index (κ3) is 2.92. The molecule has 6 heteroatoms. The number of hydrogen-bond acceptors (Lipinski definition) is 4. The minimum absolute atomic E-state index is 0.0342. The lowest BCUT2D eigenvalue weighted by atomic mass is 10.2. The van der Waals surface area contributed by atoms with Gasteiger partial charge in [0.05, 0.1) is 4.88 Å². The zero-order valence-electron chi connectivity index (χ0n) is 10.3. The highest BCUT2D eigenvalue weighted by atomic mass is 32.1. The van der Waals surface area contributed by atoms with Gasteiger partial charge in [-0.25, -0.2) is 0 Å². The molecule has 1 heterocycles. The quantitative estimate of drug-likeness (QED) is 0.348. The summed E-state index contributed by atoms with van der Waals surface area (Å²) in [6, 6.07) is 8.65. The molecule has 5 nitrogen and oxygen atoms in total. The van der Waals surface area contributed by atoms with Gasteiger partial charge in [0.25, 0.3) is 5.91 Å². The van der Waals surface area contributed by atoms with Gasteiger partial charge in [-0.05, 0) is 48.2 Å². The second-order valence-electron chi connectivity index (χ2n) is 3.95. The molecular weight excluding hydrogens is 262 g/mol. The number of nitrogens with zero attached hydrogens (tertiary/aromatic N) is 1. The number of thiophene rings is 1. The maximum atomic E-state index is 12.0. The molecule has 0 aliphatic carbocycles. The van der Waals surface area contributed by atoms with Crippen molar-refractivity contribution in [2.24, 2.45) is 10.9 Å². The Kier molecular flexibility index (Phi) is 3.82. The monoisotopic (exact) mass is 275 g/mol. The number of amidine groups is 1. The van der Waals surface area contributed by atoms with Crippen LogP contribution < -0.4 is 11.1 Å². The number of nitrogens with one attached hydrogen (secondary N) is 1. The van der Waals surface area contributed by atoms with Gasteiger partial charge in [0.15, 0.2) is 5.84 Å². The van der Waals surface area contributed by atoms with Gasteiger partial charge in [0.2, 0.25) is 0 Å². The molecule has 0 radical (unpaired) electrons. The molecule has 0 atom stereocenters. The summed E-state index contributed by atoms with van der Waals surface area (Å²) in [6.45, 7) is 1.90. The molecule has 0 saturated heterocycles. The number of benzene rings is 1. The number of aryl methyl sites for hydroxylation is 1. The lowest BCUT2D eigenvalue weighted by Crippen LogP contribution is -2.14. The van der Waals surface area contributed by atoms with Gasteiger partial charge >= 0.3 is 0 Å². The number of nitrogens with two attached hydrogens (primary N) is 1. The van der Waals surface area contributed by atoms with E-state index in [0.29, 0.717) is 16.1 Å². The van der Waals surface area contributed by atoms with Crippen molar-refractivity contribution in [1.82, 2.24) is 0 Å². The first kappa shape index (κ1) is 13.1. The fourth-order valence-electron chi connectivity index (χ4n) is 1.58. The van der Waals surface area contributed by atoms with Gasteiger partial charge in [-0.3, -0.25) is 4.79 Å². The third-order valence-corrected chi connectivity index (χ3v) is 3.63. The van der Waals surface area contributed by atoms with E-state index in [9.17, 15) is 4.79 Å². The second kappa shape index (κ2) is 5.53. The molecule has 0 bridgehead atoms. The van der Waals surface area contributed by atoms with E-state index in [1.807, 2.05) is 18.4 Å². The molecule has 98 valence electrons. The summed E-state index contributed by atoms with van der Waals surface area (Å²) in [5.74, 6) is -0.101. The van der Waals surface area contributed by atoms with E-state index >= 15 is 0 Å². The van der Waals surface area contributed by atoms with Crippen molar-refractivity contribution in [1.29, 1.82) is 0 Å². The number of carbonyl (C=O) groups is 1. The van der Waals surface area contributed by atoms with Crippen LogP contribution in [-0.2, 0) is 0 Å². The first-order valence-electron chi connectivity index (χ1n) is 5.55. The number of anilines is 1. The number of rotatable bonds is 3. The summed E-state index contributed by atoms with van der Waals surface area (Å²) in [4.78, 5) is 12.7. The van der Waals surface area contributed by atoms with E-state index < -0.39 is 0 Å². The molecule has 1 aromatic heterocycles. The van der Waals surface area contributed by atoms with E-state index in [0.717, 1.165) is 5.56 Å². The molecule has 1 aromatic carbocycles. The van der Waals surface area contributed by atoms with Crippen molar-refractivity contribution in [3.05, 3.63) is 51.7 Å². The molecule has 0 spiro atoms. The molecule has 1 amide bonds. The van der Waals surface area contributed by atoms with Crippen molar-refractivity contribution >= 4 is 28.8 Å². The largest absolute Gasteiger partial charge is 0.409 e. The molecule has 0 saturated carbocycles. The minimum Gasteiger partial charge on any atom is -0.409 e. The van der Waals surface area contributed by atoms with Crippen molar-refractivity contribution in [2.75, 3.05) is 5.32 Å². The fraction of sp³-hybridized carbons (Fsp3) is 0.0769. The number of amides is 1. The summed E-state index contributed by atoms with van der Waals surface area (Å²) in [7, 11) is 0. The number of hydrogen-bond donors (Lipinski definition) is 3. The Labute approximate surface area is 114 Å². The third-order valence-electron chi connectivity index (χ3n) is 2.61. The Morgan fingerprint density at radius 1 is 1.32 bits per heavy atom. The maximum absolute atomic E-state index is 12.0. The van der Waals surface area contributed by atoms with Gasteiger partial charge in [-0.15, -0.1) is 11.3 Å². The average Bonchev–Trinajstić information content (AvgIpc) is 2.85. The highest BCUT2D eigenvalue weighted by molar-refractivity contribution is 7.12. The smallest absolute Gasteiger partial charge is 0.265 e. The van der Waals surface area contributed by atoms with E-state index in [2.05, 4.69) is 10.5 Å². The first-order chi connectivity index (χ1) is 9.11. The van der Waals surface area contributed by atoms with E-state index in [1.165, 1.54) is 11.3 Å². The van der Waals surface area contributed by atoms with E-state index in [1.54, 1.807) is 24.3 Å². The van der Waals surface area contributed by atoms with Crippen LogP contribution in [0, 0.1) is 6.92 Å². The molecule has 4 N–H and O–H groups in total. The Bertz CT molecular complexity index is 617. The highest BCUT2D eigenvalue weighted by Crippen LogP contribution is 2.18. The molecule has 2 aromatic rings. The van der Waals surface area contributed by atoms with Gasteiger partial charge in [0.1, 0.15) is 0 Å². The van der Waals surface area contributed by atoms with E-state index in [-0.39, 0.29) is 11.7 Å². The average molecular weight is 275 g/mol. The van der Waals surface area contributed by atoms with Crippen LogP contribution in [0.2, 0.25) is 0 Å². The van der Waals surface area contributed by atoms with Gasteiger partial charge < -0.3 is 16.3 Å². The number of carbonyl (C=O) groups excluding carboxylic acids is 1. The van der Waals surface area contributed by atoms with Crippen LogP contribution in [0.4, 0.5) is 5.69 Å². The lowest BCUT2D eigenvalue weighted by Gasteiger charge is -2.05. The Hall–Kier alpha value is -2.34. The van der Waals surface area contributed by atoms with E-state index in [4.69, 9.17) is 10.9 Å². The normalized spacial score (nSPS) is 11.3. The van der Waals surface area contributed by atoms with Crippen LogP contribution in [0.1, 0.15) is 20.8 Å². The molecule has 0 aliphatic rings. The van der Waals surface area contributed by atoms with Crippen LogP contribution in [0.25, 0.3) is 0 Å². The summed E-state index contributed by atoms with van der Waals surface area (Å²) in [6.07, 6.45) is 0. The Balaban J connectivity index is 2.12. The number of oxime groups is 1. The Morgan fingerprint density at radius 2 is 2.00 bits per heavy atom.